The Bertz CT molecular complexity index is 337. The zero-order valence-corrected chi connectivity index (χ0v) is 9.94. The van der Waals surface area contributed by atoms with Crippen molar-refractivity contribution in [3.63, 3.8) is 0 Å². The summed E-state index contributed by atoms with van der Waals surface area (Å²) in [6, 6.07) is 4.53. The van der Waals surface area contributed by atoms with Gasteiger partial charge in [0, 0.05) is 12.0 Å². The van der Waals surface area contributed by atoms with Gasteiger partial charge in [-0.05, 0) is 43.0 Å². The summed E-state index contributed by atoms with van der Waals surface area (Å²) < 4.78 is 0. The first-order valence-corrected chi connectivity index (χ1v) is 5.17. The molecule has 0 spiro atoms. The minimum absolute atomic E-state index is 0.0859. The Kier molecular flexibility index (Phi) is 3.01. The van der Waals surface area contributed by atoms with Crippen LogP contribution in [-0.2, 0) is 5.41 Å². The van der Waals surface area contributed by atoms with Crippen molar-refractivity contribution in [1.82, 2.24) is 0 Å². The minimum Gasteiger partial charge on any atom is -0.330 e. The molecule has 2 N–H and O–H groups in total. The van der Waals surface area contributed by atoms with Crippen LogP contribution in [0.15, 0.2) is 12.1 Å². The van der Waals surface area contributed by atoms with E-state index in [1.807, 2.05) is 0 Å². The van der Waals surface area contributed by atoms with Crippen molar-refractivity contribution in [2.24, 2.45) is 5.73 Å². The first kappa shape index (κ1) is 11.3. The topological polar surface area (TPSA) is 26.0 Å². The highest BCUT2D eigenvalue weighted by Gasteiger charge is 2.20. The predicted molar refractivity (Wildman–Crippen MR) is 62.7 cm³/mol. The molecule has 0 unspecified atom stereocenters. The van der Waals surface area contributed by atoms with Crippen LogP contribution >= 0.6 is 0 Å². The Morgan fingerprint density at radius 2 is 1.50 bits per heavy atom. The standard InChI is InChI=1S/C13H21N/c1-9-6-11(3)12(7-10(9)2)13(4,5)8-14/h6-7H,8,14H2,1-5H3. The van der Waals surface area contributed by atoms with Crippen LogP contribution in [0.3, 0.4) is 0 Å². The van der Waals surface area contributed by atoms with E-state index in [9.17, 15) is 0 Å². The van der Waals surface area contributed by atoms with E-state index < -0.39 is 0 Å². The summed E-state index contributed by atoms with van der Waals surface area (Å²) in [6.07, 6.45) is 0. The van der Waals surface area contributed by atoms with Gasteiger partial charge in [-0.25, -0.2) is 0 Å². The number of rotatable bonds is 2. The number of hydrogen-bond acceptors (Lipinski definition) is 1. The maximum atomic E-state index is 5.80. The molecule has 1 nitrogen and oxygen atoms in total. The van der Waals surface area contributed by atoms with Gasteiger partial charge in [0.05, 0.1) is 0 Å². The van der Waals surface area contributed by atoms with E-state index in [0.29, 0.717) is 6.54 Å². The summed E-state index contributed by atoms with van der Waals surface area (Å²) in [5.41, 5.74) is 11.3. The van der Waals surface area contributed by atoms with E-state index in [2.05, 4.69) is 46.8 Å². The van der Waals surface area contributed by atoms with E-state index in [1.54, 1.807) is 0 Å². The number of nitrogens with two attached hydrogens (primary N) is 1. The Hall–Kier alpha value is -0.820. The fourth-order valence-corrected chi connectivity index (χ4v) is 1.80. The van der Waals surface area contributed by atoms with Gasteiger partial charge in [-0.15, -0.1) is 0 Å². The first-order valence-electron chi connectivity index (χ1n) is 5.17. The van der Waals surface area contributed by atoms with E-state index >= 15 is 0 Å². The van der Waals surface area contributed by atoms with Gasteiger partial charge in [-0.1, -0.05) is 26.0 Å². The number of hydrogen-bond donors (Lipinski definition) is 1. The molecule has 0 radical (unpaired) electrons. The number of aryl methyl sites for hydroxylation is 3. The first-order chi connectivity index (χ1) is 6.38. The lowest BCUT2D eigenvalue weighted by atomic mass is 9.81. The molecule has 1 aromatic carbocycles. The van der Waals surface area contributed by atoms with Crippen LogP contribution < -0.4 is 5.73 Å². The van der Waals surface area contributed by atoms with Crippen LogP contribution in [0.25, 0.3) is 0 Å². The van der Waals surface area contributed by atoms with Gasteiger partial charge in [-0.2, -0.15) is 0 Å². The third kappa shape index (κ3) is 1.98. The summed E-state index contributed by atoms with van der Waals surface area (Å²) in [5, 5.41) is 0. The molecule has 0 bridgehead atoms. The third-order valence-corrected chi connectivity index (χ3v) is 3.08. The fourth-order valence-electron chi connectivity index (χ4n) is 1.80. The molecule has 14 heavy (non-hydrogen) atoms. The van der Waals surface area contributed by atoms with Crippen molar-refractivity contribution in [3.8, 4) is 0 Å². The lowest BCUT2D eigenvalue weighted by molar-refractivity contribution is 0.535. The van der Waals surface area contributed by atoms with E-state index in [4.69, 9.17) is 5.73 Å². The molecule has 0 aliphatic rings. The van der Waals surface area contributed by atoms with Crippen LogP contribution in [0, 0.1) is 20.8 Å². The van der Waals surface area contributed by atoms with Gasteiger partial charge in [0.15, 0.2) is 0 Å². The van der Waals surface area contributed by atoms with Gasteiger partial charge < -0.3 is 5.73 Å². The molecule has 1 rings (SSSR count). The molecule has 1 heteroatoms. The van der Waals surface area contributed by atoms with Crippen LogP contribution in [0.1, 0.15) is 36.1 Å². The van der Waals surface area contributed by atoms with Crippen molar-refractivity contribution in [2.45, 2.75) is 40.0 Å². The highest BCUT2D eigenvalue weighted by Crippen LogP contribution is 2.27. The van der Waals surface area contributed by atoms with Gasteiger partial charge in [0.1, 0.15) is 0 Å². The average Bonchev–Trinajstić information content (AvgIpc) is 2.11. The molecule has 78 valence electrons. The maximum absolute atomic E-state index is 5.80. The van der Waals surface area contributed by atoms with Crippen LogP contribution in [0.5, 0.6) is 0 Å². The Morgan fingerprint density at radius 3 is 2.00 bits per heavy atom. The second-order valence-corrected chi connectivity index (χ2v) is 4.84. The zero-order valence-electron chi connectivity index (χ0n) is 9.94. The van der Waals surface area contributed by atoms with E-state index in [1.165, 1.54) is 22.3 Å². The normalized spacial score (nSPS) is 11.9. The monoisotopic (exact) mass is 191 g/mol. The highest BCUT2D eigenvalue weighted by atomic mass is 14.6. The molecule has 0 aliphatic heterocycles. The van der Waals surface area contributed by atoms with Crippen molar-refractivity contribution in [3.05, 3.63) is 34.4 Å². The van der Waals surface area contributed by atoms with Crippen molar-refractivity contribution in [2.75, 3.05) is 6.54 Å². The smallest absolute Gasteiger partial charge is 0.00217 e. The molecular formula is C13H21N. The van der Waals surface area contributed by atoms with Gasteiger partial charge in [-0.3, -0.25) is 0 Å². The quantitative estimate of drug-likeness (QED) is 0.764. The van der Waals surface area contributed by atoms with Gasteiger partial charge >= 0.3 is 0 Å². The molecule has 0 aliphatic carbocycles. The van der Waals surface area contributed by atoms with Crippen molar-refractivity contribution in [1.29, 1.82) is 0 Å². The predicted octanol–water partition coefficient (Wildman–Crippen LogP) is 2.85. The molecule has 0 saturated carbocycles. The Balaban J connectivity index is 3.29. The Morgan fingerprint density at radius 1 is 1.00 bits per heavy atom. The summed E-state index contributed by atoms with van der Waals surface area (Å²) in [7, 11) is 0. The van der Waals surface area contributed by atoms with E-state index in [0.717, 1.165) is 0 Å². The molecule has 0 fully saturated rings. The second kappa shape index (κ2) is 3.74. The summed E-state index contributed by atoms with van der Waals surface area (Å²) in [4.78, 5) is 0. The van der Waals surface area contributed by atoms with Crippen LogP contribution in [0.4, 0.5) is 0 Å². The zero-order chi connectivity index (χ0) is 10.9. The largest absolute Gasteiger partial charge is 0.330 e. The molecular weight excluding hydrogens is 170 g/mol. The third-order valence-electron chi connectivity index (χ3n) is 3.08. The lowest BCUT2D eigenvalue weighted by Crippen LogP contribution is -2.29. The summed E-state index contributed by atoms with van der Waals surface area (Å²) in [6.45, 7) is 11.6. The van der Waals surface area contributed by atoms with Crippen LogP contribution in [-0.4, -0.2) is 6.54 Å². The highest BCUT2D eigenvalue weighted by molar-refractivity contribution is 5.40. The molecule has 1 aromatic rings. The van der Waals surface area contributed by atoms with Gasteiger partial charge in [0.25, 0.3) is 0 Å². The minimum atomic E-state index is 0.0859. The van der Waals surface area contributed by atoms with Crippen molar-refractivity contribution < 1.29 is 0 Å². The average molecular weight is 191 g/mol. The molecule has 0 saturated heterocycles. The van der Waals surface area contributed by atoms with Crippen LogP contribution in [0.2, 0.25) is 0 Å². The Labute approximate surface area is 87.3 Å². The molecule has 0 atom stereocenters. The summed E-state index contributed by atoms with van der Waals surface area (Å²) >= 11 is 0. The van der Waals surface area contributed by atoms with E-state index in [-0.39, 0.29) is 5.41 Å². The fraction of sp³-hybridized carbons (Fsp3) is 0.538. The summed E-state index contributed by atoms with van der Waals surface area (Å²) in [5.74, 6) is 0. The number of benzene rings is 1. The second-order valence-electron chi connectivity index (χ2n) is 4.84. The molecule has 0 aromatic heterocycles. The van der Waals surface area contributed by atoms with Crippen molar-refractivity contribution >= 4 is 0 Å². The lowest BCUT2D eigenvalue weighted by Gasteiger charge is -2.26. The maximum Gasteiger partial charge on any atom is 0.00217 e. The van der Waals surface area contributed by atoms with Gasteiger partial charge in [0.2, 0.25) is 0 Å². The SMILES string of the molecule is Cc1cc(C)c(C(C)(C)CN)cc1C. The molecule has 0 heterocycles. The molecule has 0 amide bonds.